The van der Waals surface area contributed by atoms with Crippen LogP contribution in [-0.4, -0.2) is 50.1 Å². The first-order valence-electron chi connectivity index (χ1n) is 12.5. The normalized spacial score (nSPS) is 23.5. The van der Waals surface area contributed by atoms with Crippen molar-refractivity contribution in [1.29, 1.82) is 0 Å². The van der Waals surface area contributed by atoms with Crippen molar-refractivity contribution in [1.82, 2.24) is 19.4 Å². The molecule has 2 saturated heterocycles. The first-order chi connectivity index (χ1) is 16.5. The predicted molar refractivity (Wildman–Crippen MR) is 132 cm³/mol. The van der Waals surface area contributed by atoms with Crippen LogP contribution in [0.1, 0.15) is 64.5 Å². The highest BCUT2D eigenvalue weighted by Gasteiger charge is 2.38. The molecule has 9 nitrogen and oxygen atoms in total. The molecule has 0 bridgehead atoms. The summed E-state index contributed by atoms with van der Waals surface area (Å²) in [5.41, 5.74) is 2.38. The zero-order chi connectivity index (χ0) is 25.5. The van der Waals surface area contributed by atoms with Gasteiger partial charge in [-0.05, 0) is 67.1 Å². The average Bonchev–Trinajstić information content (AvgIpc) is 3.03. The van der Waals surface area contributed by atoms with Crippen molar-refractivity contribution in [2.24, 2.45) is 24.3 Å². The smallest absolute Gasteiger partial charge is 0.407 e. The van der Waals surface area contributed by atoms with Crippen LogP contribution in [0.25, 0.3) is 11.0 Å². The lowest BCUT2D eigenvalue weighted by Crippen LogP contribution is -2.47. The molecule has 2 aromatic rings. The summed E-state index contributed by atoms with van der Waals surface area (Å²) in [6, 6.07) is 5.26. The van der Waals surface area contributed by atoms with Gasteiger partial charge >= 0.3 is 11.8 Å². The summed E-state index contributed by atoms with van der Waals surface area (Å²) < 4.78 is 3.07. The third-order valence-electron chi connectivity index (χ3n) is 7.85. The second-order valence-electron chi connectivity index (χ2n) is 11.1. The van der Waals surface area contributed by atoms with Gasteiger partial charge in [0.15, 0.2) is 0 Å². The molecule has 2 aliphatic heterocycles. The minimum atomic E-state index is -0.833. The number of carbonyl (C=O) groups excluding carboxylic acids is 2. The molecule has 0 spiro atoms. The molecule has 35 heavy (non-hydrogen) atoms. The predicted octanol–water partition coefficient (Wildman–Crippen LogP) is 3.30. The van der Waals surface area contributed by atoms with Crippen molar-refractivity contribution in [3.05, 3.63) is 34.2 Å². The summed E-state index contributed by atoms with van der Waals surface area (Å²) in [5, 5.41) is 11.8. The Morgan fingerprint density at radius 2 is 1.89 bits per heavy atom. The lowest BCUT2D eigenvalue weighted by Gasteiger charge is -2.44. The standard InChI is InChI=1S/C26H36N4O5/c1-26(2,3)18-15-29(25(34)35)13-12-17(18)7-5-6-16-8-9-19-21(14-16)28(4)24(33)30(19)20-10-11-22(31)27-23(20)32/h8-9,14,17-18,20H,5-7,10-13,15H2,1-4H3,(H,34,35)(H,27,31,32). The summed E-state index contributed by atoms with van der Waals surface area (Å²) in [5.74, 6) is 0.0666. The van der Waals surface area contributed by atoms with Crippen molar-refractivity contribution in [3.63, 3.8) is 0 Å². The van der Waals surface area contributed by atoms with E-state index in [-0.39, 0.29) is 23.4 Å². The zero-order valence-electron chi connectivity index (χ0n) is 21.0. The lowest BCUT2D eigenvalue weighted by atomic mass is 9.68. The fourth-order valence-electron chi connectivity index (χ4n) is 5.86. The van der Waals surface area contributed by atoms with Gasteiger partial charge in [0.2, 0.25) is 11.8 Å². The van der Waals surface area contributed by atoms with Crippen LogP contribution in [0.4, 0.5) is 4.79 Å². The van der Waals surface area contributed by atoms with E-state index in [2.05, 4.69) is 26.1 Å². The minimum Gasteiger partial charge on any atom is -0.465 e. The fraction of sp³-hybridized carbons (Fsp3) is 0.615. The molecule has 2 aliphatic rings. The molecular formula is C26H36N4O5. The molecule has 0 aliphatic carbocycles. The Hall–Kier alpha value is -3.10. The summed E-state index contributed by atoms with van der Waals surface area (Å²) in [7, 11) is 1.71. The van der Waals surface area contributed by atoms with E-state index in [0.29, 0.717) is 36.9 Å². The highest BCUT2D eigenvalue weighted by molar-refractivity contribution is 6.00. The molecule has 3 atom stereocenters. The summed E-state index contributed by atoms with van der Waals surface area (Å²) in [6.07, 6.45) is 3.47. The van der Waals surface area contributed by atoms with Gasteiger partial charge in [-0.2, -0.15) is 0 Å². The molecule has 3 unspecified atom stereocenters. The number of imide groups is 1. The molecule has 2 fully saturated rings. The molecule has 1 aromatic carbocycles. The highest BCUT2D eigenvalue weighted by atomic mass is 16.4. The number of amides is 3. The van der Waals surface area contributed by atoms with Crippen molar-refractivity contribution in [3.8, 4) is 0 Å². The largest absolute Gasteiger partial charge is 0.465 e. The number of nitrogens with one attached hydrogen (secondary N) is 1. The molecule has 1 aromatic heterocycles. The number of aryl methyl sites for hydroxylation is 2. The molecule has 190 valence electrons. The van der Waals surface area contributed by atoms with Gasteiger partial charge in [0.05, 0.1) is 11.0 Å². The Morgan fingerprint density at radius 3 is 2.54 bits per heavy atom. The third kappa shape index (κ3) is 4.99. The van der Waals surface area contributed by atoms with E-state index in [1.165, 1.54) is 4.57 Å². The Morgan fingerprint density at radius 1 is 1.14 bits per heavy atom. The summed E-state index contributed by atoms with van der Waals surface area (Å²) in [4.78, 5) is 49.9. The summed E-state index contributed by atoms with van der Waals surface area (Å²) >= 11 is 0. The van der Waals surface area contributed by atoms with Gasteiger partial charge in [0.1, 0.15) is 6.04 Å². The molecule has 0 saturated carbocycles. The Balaban J connectivity index is 1.47. The van der Waals surface area contributed by atoms with Gasteiger partial charge in [-0.3, -0.25) is 24.0 Å². The number of benzene rings is 1. The van der Waals surface area contributed by atoms with E-state index in [9.17, 15) is 24.3 Å². The topological polar surface area (TPSA) is 114 Å². The maximum Gasteiger partial charge on any atom is 0.407 e. The zero-order valence-corrected chi connectivity index (χ0v) is 21.0. The fourth-order valence-corrected chi connectivity index (χ4v) is 5.86. The van der Waals surface area contributed by atoms with Crippen LogP contribution in [0.15, 0.2) is 23.0 Å². The van der Waals surface area contributed by atoms with Crippen LogP contribution in [0, 0.1) is 17.3 Å². The number of nitrogens with zero attached hydrogens (tertiary/aromatic N) is 3. The van der Waals surface area contributed by atoms with E-state index in [4.69, 9.17) is 0 Å². The number of fused-ring (bicyclic) bond motifs is 1. The van der Waals surface area contributed by atoms with E-state index in [1.807, 2.05) is 18.2 Å². The average molecular weight is 485 g/mol. The van der Waals surface area contributed by atoms with Crippen LogP contribution in [-0.2, 0) is 23.1 Å². The van der Waals surface area contributed by atoms with Crippen LogP contribution >= 0.6 is 0 Å². The number of hydrogen-bond acceptors (Lipinski definition) is 4. The molecule has 2 N–H and O–H groups in total. The number of aromatic nitrogens is 2. The van der Waals surface area contributed by atoms with Gasteiger partial charge < -0.3 is 10.0 Å². The maximum atomic E-state index is 13.0. The second-order valence-corrected chi connectivity index (χ2v) is 11.1. The second kappa shape index (κ2) is 9.51. The van der Waals surface area contributed by atoms with Gasteiger partial charge in [0.25, 0.3) is 0 Å². The van der Waals surface area contributed by atoms with Crippen LogP contribution in [0.3, 0.4) is 0 Å². The van der Waals surface area contributed by atoms with Crippen LogP contribution < -0.4 is 11.0 Å². The number of imidazole rings is 1. The maximum absolute atomic E-state index is 13.0. The molecule has 3 heterocycles. The van der Waals surface area contributed by atoms with Gasteiger partial charge in [-0.1, -0.05) is 26.8 Å². The molecule has 3 amide bonds. The van der Waals surface area contributed by atoms with E-state index >= 15 is 0 Å². The first kappa shape index (κ1) is 25.0. The Labute approximate surface area is 205 Å². The van der Waals surface area contributed by atoms with Crippen molar-refractivity contribution >= 4 is 28.9 Å². The Kier molecular flexibility index (Phi) is 6.79. The number of rotatable bonds is 5. The number of likely N-dealkylation sites (tertiary alicyclic amines) is 1. The van der Waals surface area contributed by atoms with Crippen molar-refractivity contribution in [2.45, 2.75) is 65.3 Å². The quantitative estimate of drug-likeness (QED) is 0.632. The summed E-state index contributed by atoms with van der Waals surface area (Å²) in [6.45, 7) is 7.76. The van der Waals surface area contributed by atoms with E-state index in [1.54, 1.807) is 16.5 Å². The van der Waals surface area contributed by atoms with Crippen molar-refractivity contribution in [2.75, 3.05) is 13.1 Å². The number of piperidine rings is 2. The van der Waals surface area contributed by atoms with Crippen molar-refractivity contribution < 1.29 is 19.5 Å². The molecular weight excluding hydrogens is 448 g/mol. The van der Waals surface area contributed by atoms with Gasteiger partial charge in [-0.15, -0.1) is 0 Å². The third-order valence-corrected chi connectivity index (χ3v) is 7.85. The number of carboxylic acid groups (broad SMARTS) is 1. The lowest BCUT2D eigenvalue weighted by molar-refractivity contribution is -0.135. The minimum absolute atomic E-state index is 0.0366. The van der Waals surface area contributed by atoms with E-state index in [0.717, 1.165) is 36.8 Å². The number of hydrogen-bond donors (Lipinski definition) is 2. The molecule has 4 rings (SSSR count). The highest BCUT2D eigenvalue weighted by Crippen LogP contribution is 2.40. The monoisotopic (exact) mass is 484 g/mol. The van der Waals surface area contributed by atoms with E-state index < -0.39 is 18.0 Å². The first-order valence-corrected chi connectivity index (χ1v) is 12.5. The molecule has 0 radical (unpaired) electrons. The molecule has 9 heteroatoms. The van der Waals surface area contributed by atoms with Gasteiger partial charge in [-0.25, -0.2) is 9.59 Å². The van der Waals surface area contributed by atoms with Crippen LogP contribution in [0.2, 0.25) is 0 Å². The SMILES string of the molecule is Cn1c(=O)n(C2CCC(=O)NC2=O)c2ccc(CCCC3CCN(C(=O)O)CC3C(C)(C)C)cc21. The van der Waals surface area contributed by atoms with Crippen LogP contribution in [0.5, 0.6) is 0 Å². The van der Waals surface area contributed by atoms with Gasteiger partial charge in [0, 0.05) is 26.6 Å². The number of carbonyl (C=O) groups is 3. The Bertz CT molecular complexity index is 1200.